The van der Waals surface area contributed by atoms with Crippen LogP contribution < -0.4 is 5.32 Å². The summed E-state index contributed by atoms with van der Waals surface area (Å²) in [5.41, 5.74) is 1.33. The second-order valence-corrected chi connectivity index (χ2v) is 5.56. The molecule has 8 heteroatoms. The minimum atomic E-state index is -4.32. The number of H-pyrrole nitrogens is 1. The summed E-state index contributed by atoms with van der Waals surface area (Å²) in [4.78, 5) is 15.2. The molecule has 0 amide bonds. The zero-order valence-corrected chi connectivity index (χ0v) is 12.9. The maximum Gasteiger partial charge on any atom is 0.416 e. The van der Waals surface area contributed by atoms with Crippen LogP contribution in [0, 0.1) is 0 Å². The Kier molecular flexibility index (Phi) is 4.37. The van der Waals surface area contributed by atoms with Crippen molar-refractivity contribution in [1.29, 1.82) is 0 Å². The van der Waals surface area contributed by atoms with Gasteiger partial charge >= 0.3 is 6.18 Å². The van der Waals surface area contributed by atoms with E-state index < -0.39 is 11.7 Å². The van der Waals surface area contributed by atoms with E-state index >= 15 is 0 Å². The highest BCUT2D eigenvalue weighted by atomic mass is 19.4. The maximum absolute atomic E-state index is 12.8. The molecule has 3 aromatic rings. The van der Waals surface area contributed by atoms with Gasteiger partial charge < -0.3 is 10.3 Å². The molecular formula is C16H16F3N5. The molecule has 24 heavy (non-hydrogen) atoms. The van der Waals surface area contributed by atoms with Gasteiger partial charge in [-0.15, -0.1) is 0 Å². The van der Waals surface area contributed by atoms with Crippen molar-refractivity contribution in [2.24, 2.45) is 0 Å². The quantitative estimate of drug-likeness (QED) is 0.740. The van der Waals surface area contributed by atoms with Crippen molar-refractivity contribution in [3.63, 3.8) is 0 Å². The number of fused-ring (bicyclic) bond motifs is 1. The van der Waals surface area contributed by atoms with Gasteiger partial charge in [0.15, 0.2) is 11.5 Å². The number of nitrogens with one attached hydrogen (secondary N) is 2. The van der Waals surface area contributed by atoms with Gasteiger partial charge in [0.05, 0.1) is 11.9 Å². The first-order chi connectivity index (χ1) is 11.4. The number of hydrogen-bond acceptors (Lipinski definition) is 4. The summed E-state index contributed by atoms with van der Waals surface area (Å²) in [7, 11) is 0. The van der Waals surface area contributed by atoms with Crippen LogP contribution in [0.2, 0.25) is 0 Å². The lowest BCUT2D eigenvalue weighted by atomic mass is 9.96. The lowest BCUT2D eigenvalue weighted by Gasteiger charge is -2.15. The lowest BCUT2D eigenvalue weighted by molar-refractivity contribution is -0.137. The van der Waals surface area contributed by atoms with Crippen molar-refractivity contribution >= 4 is 17.0 Å². The zero-order chi connectivity index (χ0) is 17.2. The van der Waals surface area contributed by atoms with Gasteiger partial charge in [0.2, 0.25) is 0 Å². The van der Waals surface area contributed by atoms with Gasteiger partial charge in [-0.1, -0.05) is 25.1 Å². The fraction of sp³-hybridized carbons (Fsp3) is 0.312. The highest BCUT2D eigenvalue weighted by Gasteiger charge is 2.30. The Morgan fingerprint density at radius 3 is 2.83 bits per heavy atom. The predicted octanol–water partition coefficient (Wildman–Crippen LogP) is 3.98. The Bertz CT molecular complexity index is 828. The van der Waals surface area contributed by atoms with E-state index in [0.717, 1.165) is 6.07 Å². The van der Waals surface area contributed by atoms with Gasteiger partial charge in [0.25, 0.3) is 0 Å². The Labute approximate surface area is 136 Å². The maximum atomic E-state index is 12.8. The van der Waals surface area contributed by atoms with E-state index in [0.29, 0.717) is 35.5 Å². The zero-order valence-electron chi connectivity index (χ0n) is 12.9. The van der Waals surface area contributed by atoms with Crippen LogP contribution in [-0.4, -0.2) is 26.5 Å². The monoisotopic (exact) mass is 335 g/mol. The Balaban J connectivity index is 1.64. The van der Waals surface area contributed by atoms with E-state index in [4.69, 9.17) is 0 Å². The number of aromatic amines is 1. The number of rotatable bonds is 5. The molecule has 0 spiro atoms. The van der Waals surface area contributed by atoms with E-state index in [9.17, 15) is 13.2 Å². The lowest BCUT2D eigenvalue weighted by Crippen LogP contribution is -2.09. The van der Waals surface area contributed by atoms with Crippen molar-refractivity contribution < 1.29 is 13.2 Å². The number of benzene rings is 1. The molecule has 0 saturated carbocycles. The van der Waals surface area contributed by atoms with Crippen molar-refractivity contribution in [2.75, 3.05) is 11.9 Å². The minimum absolute atomic E-state index is 0.0149. The summed E-state index contributed by atoms with van der Waals surface area (Å²) in [6, 6.07) is 5.46. The molecule has 0 aliphatic heterocycles. The molecule has 0 saturated heterocycles. The van der Waals surface area contributed by atoms with Crippen molar-refractivity contribution in [3.05, 3.63) is 48.0 Å². The van der Waals surface area contributed by atoms with Crippen LogP contribution in [0.25, 0.3) is 11.2 Å². The van der Waals surface area contributed by atoms with Gasteiger partial charge in [-0.2, -0.15) is 13.2 Å². The standard InChI is InChI=1S/C16H16F3N5/c1-10(11-3-2-4-12(7-11)16(17,18)19)5-6-20-14-13-15(22-8-21-13)24-9-23-14/h2-4,7-10H,5-6H2,1H3,(H2,20,21,22,23,24)/t10-/m1/s1. The second-order valence-electron chi connectivity index (χ2n) is 5.56. The number of nitrogens with zero attached hydrogens (tertiary/aromatic N) is 3. The highest BCUT2D eigenvalue weighted by molar-refractivity contribution is 5.81. The molecule has 2 aromatic heterocycles. The molecule has 0 fully saturated rings. The van der Waals surface area contributed by atoms with E-state index in [1.807, 2.05) is 6.92 Å². The molecule has 0 aliphatic carbocycles. The normalized spacial score (nSPS) is 13.2. The topological polar surface area (TPSA) is 66.5 Å². The molecule has 0 aliphatic rings. The van der Waals surface area contributed by atoms with Crippen LogP contribution >= 0.6 is 0 Å². The first kappa shape index (κ1) is 16.2. The summed E-state index contributed by atoms with van der Waals surface area (Å²) in [6.07, 6.45) is -0.695. The van der Waals surface area contributed by atoms with Crippen LogP contribution in [-0.2, 0) is 6.18 Å². The summed E-state index contributed by atoms with van der Waals surface area (Å²) in [6.45, 7) is 2.48. The molecule has 1 aromatic carbocycles. The smallest absolute Gasteiger partial charge is 0.368 e. The van der Waals surface area contributed by atoms with Crippen LogP contribution in [0.5, 0.6) is 0 Å². The summed E-state index contributed by atoms with van der Waals surface area (Å²) < 4.78 is 38.4. The highest BCUT2D eigenvalue weighted by Crippen LogP contribution is 2.31. The third-order valence-corrected chi connectivity index (χ3v) is 3.88. The molecule has 2 heterocycles. The fourth-order valence-electron chi connectivity index (χ4n) is 2.49. The minimum Gasteiger partial charge on any atom is -0.368 e. The number of aromatic nitrogens is 4. The molecule has 2 N–H and O–H groups in total. The third-order valence-electron chi connectivity index (χ3n) is 3.88. The SMILES string of the molecule is C[C@H](CCNc1ncnc2nc[nH]c12)c1cccc(C(F)(F)F)c1. The predicted molar refractivity (Wildman–Crippen MR) is 84.6 cm³/mol. The van der Waals surface area contributed by atoms with E-state index in [1.165, 1.54) is 24.8 Å². The molecular weight excluding hydrogens is 319 g/mol. The molecule has 0 bridgehead atoms. The van der Waals surface area contributed by atoms with Crippen molar-refractivity contribution in [3.8, 4) is 0 Å². The Morgan fingerprint density at radius 1 is 1.21 bits per heavy atom. The van der Waals surface area contributed by atoms with Crippen molar-refractivity contribution in [2.45, 2.75) is 25.4 Å². The van der Waals surface area contributed by atoms with Gasteiger partial charge in [-0.25, -0.2) is 15.0 Å². The van der Waals surface area contributed by atoms with E-state index in [2.05, 4.69) is 25.3 Å². The van der Waals surface area contributed by atoms with Gasteiger partial charge in [0, 0.05) is 6.54 Å². The molecule has 126 valence electrons. The summed E-state index contributed by atoms with van der Waals surface area (Å²) in [5.74, 6) is 0.618. The van der Waals surface area contributed by atoms with Crippen LogP contribution in [0.3, 0.4) is 0 Å². The fourth-order valence-corrected chi connectivity index (χ4v) is 2.49. The first-order valence-corrected chi connectivity index (χ1v) is 7.50. The molecule has 0 radical (unpaired) electrons. The number of alkyl halides is 3. The average molecular weight is 335 g/mol. The van der Waals surface area contributed by atoms with Crippen molar-refractivity contribution in [1.82, 2.24) is 19.9 Å². The van der Waals surface area contributed by atoms with Gasteiger partial charge in [-0.05, 0) is 24.0 Å². The van der Waals surface area contributed by atoms with E-state index in [-0.39, 0.29) is 5.92 Å². The molecule has 1 atom stereocenters. The van der Waals surface area contributed by atoms with Crippen LogP contribution in [0.15, 0.2) is 36.9 Å². The van der Waals surface area contributed by atoms with Crippen LogP contribution in [0.4, 0.5) is 19.0 Å². The number of imidazole rings is 1. The summed E-state index contributed by atoms with van der Waals surface area (Å²) in [5, 5.41) is 3.17. The Hall–Kier alpha value is -2.64. The molecule has 5 nitrogen and oxygen atoms in total. The Morgan fingerprint density at radius 2 is 2.04 bits per heavy atom. The number of halogens is 3. The summed E-state index contributed by atoms with van der Waals surface area (Å²) >= 11 is 0. The first-order valence-electron chi connectivity index (χ1n) is 7.50. The van der Waals surface area contributed by atoms with E-state index in [1.54, 1.807) is 6.07 Å². The molecule has 0 unspecified atom stereocenters. The number of anilines is 1. The number of hydrogen-bond donors (Lipinski definition) is 2. The average Bonchev–Trinajstić information content (AvgIpc) is 3.03. The molecule has 3 rings (SSSR count). The van der Waals surface area contributed by atoms with Gasteiger partial charge in [0.1, 0.15) is 11.8 Å². The third kappa shape index (κ3) is 3.47. The van der Waals surface area contributed by atoms with Crippen LogP contribution in [0.1, 0.15) is 30.4 Å². The van der Waals surface area contributed by atoms with Gasteiger partial charge in [-0.3, -0.25) is 0 Å². The second kappa shape index (κ2) is 6.46. The largest absolute Gasteiger partial charge is 0.416 e.